The molecule has 1 aliphatic carbocycles. The van der Waals surface area contributed by atoms with Crippen molar-refractivity contribution in [2.45, 2.75) is 50.7 Å². The average Bonchev–Trinajstić information content (AvgIpc) is 3.35. The molecule has 2 aromatic heterocycles. The van der Waals surface area contributed by atoms with Crippen molar-refractivity contribution in [2.24, 2.45) is 0 Å². The predicted molar refractivity (Wildman–Crippen MR) is 93.5 cm³/mol. The number of aromatic nitrogens is 3. The summed E-state index contributed by atoms with van der Waals surface area (Å²) in [5.41, 5.74) is 0.673. The molecular formula is C19H23FN4O2. The van der Waals surface area contributed by atoms with Crippen molar-refractivity contribution in [3.63, 3.8) is 0 Å². The van der Waals surface area contributed by atoms with Crippen molar-refractivity contribution in [3.05, 3.63) is 42.1 Å². The number of hydrogen-bond acceptors (Lipinski definition) is 4. The lowest BCUT2D eigenvalue weighted by atomic mass is 10.1. The van der Waals surface area contributed by atoms with Crippen LogP contribution in [0.3, 0.4) is 0 Å². The molecule has 1 aliphatic heterocycles. The van der Waals surface area contributed by atoms with Crippen molar-refractivity contribution >= 4 is 5.91 Å². The Morgan fingerprint density at radius 3 is 2.62 bits per heavy atom. The largest absolute Gasteiger partial charge is 0.472 e. The monoisotopic (exact) mass is 358 g/mol. The Kier molecular flexibility index (Phi) is 4.86. The fourth-order valence-corrected chi connectivity index (χ4v) is 3.88. The second-order valence-corrected chi connectivity index (χ2v) is 7.00. The van der Waals surface area contributed by atoms with Crippen LogP contribution in [0.25, 0.3) is 0 Å². The Labute approximate surface area is 152 Å². The van der Waals surface area contributed by atoms with Crippen molar-refractivity contribution < 1.29 is 13.9 Å². The van der Waals surface area contributed by atoms with E-state index in [9.17, 15) is 9.18 Å². The highest BCUT2D eigenvalue weighted by molar-refractivity contribution is 5.92. The van der Waals surface area contributed by atoms with E-state index in [-0.39, 0.29) is 17.9 Å². The zero-order valence-corrected chi connectivity index (χ0v) is 14.7. The Bertz CT molecular complexity index is 764. The topological polar surface area (TPSA) is 60.2 Å². The van der Waals surface area contributed by atoms with E-state index < -0.39 is 5.82 Å². The number of amides is 1. The zero-order valence-electron chi connectivity index (χ0n) is 14.7. The first-order valence-electron chi connectivity index (χ1n) is 9.32. The van der Waals surface area contributed by atoms with Crippen molar-refractivity contribution in [2.75, 3.05) is 13.1 Å². The highest BCUT2D eigenvalue weighted by Crippen LogP contribution is 2.30. The summed E-state index contributed by atoms with van der Waals surface area (Å²) in [7, 11) is 0. The molecule has 0 N–H and O–H groups in total. The maximum atomic E-state index is 13.7. The van der Waals surface area contributed by atoms with Gasteiger partial charge in [0.1, 0.15) is 11.8 Å². The Morgan fingerprint density at radius 1 is 1.12 bits per heavy atom. The van der Waals surface area contributed by atoms with E-state index in [4.69, 9.17) is 4.74 Å². The number of carbonyl (C=O) groups is 1. The van der Waals surface area contributed by atoms with Gasteiger partial charge in [0.05, 0.1) is 6.04 Å². The van der Waals surface area contributed by atoms with Crippen molar-refractivity contribution in [1.82, 2.24) is 19.7 Å². The van der Waals surface area contributed by atoms with E-state index in [0.29, 0.717) is 37.7 Å². The van der Waals surface area contributed by atoms with Gasteiger partial charge in [-0.25, -0.2) is 9.37 Å². The smallest absolute Gasteiger partial charge is 0.272 e. The molecular weight excluding hydrogens is 335 g/mol. The van der Waals surface area contributed by atoms with Gasteiger partial charge < -0.3 is 9.64 Å². The maximum absolute atomic E-state index is 13.7. The van der Waals surface area contributed by atoms with E-state index in [0.717, 1.165) is 12.8 Å². The van der Waals surface area contributed by atoms with Gasteiger partial charge in [-0.3, -0.25) is 9.48 Å². The molecule has 1 saturated carbocycles. The van der Waals surface area contributed by atoms with Crippen LogP contribution < -0.4 is 4.74 Å². The third-order valence-corrected chi connectivity index (χ3v) is 5.29. The van der Waals surface area contributed by atoms with Gasteiger partial charge in [-0.15, -0.1) is 0 Å². The van der Waals surface area contributed by atoms with Gasteiger partial charge in [-0.2, -0.15) is 5.10 Å². The average molecular weight is 358 g/mol. The number of halogens is 1. The molecule has 0 bridgehead atoms. The van der Waals surface area contributed by atoms with Gasteiger partial charge in [-0.1, -0.05) is 12.8 Å². The standard InChI is InChI=1S/C19H23FN4O2/c20-16-6-3-10-21-18(16)26-15-8-12-23(13-9-15)19(25)17-7-11-22-24(17)14-4-1-2-5-14/h3,6-7,10-11,14-15H,1-2,4-5,8-9,12-13H2. The van der Waals surface area contributed by atoms with Gasteiger partial charge >= 0.3 is 0 Å². The number of carbonyl (C=O) groups excluding carboxylic acids is 1. The summed E-state index contributed by atoms with van der Waals surface area (Å²) in [5, 5.41) is 4.39. The Morgan fingerprint density at radius 2 is 1.88 bits per heavy atom. The number of pyridine rings is 1. The quantitative estimate of drug-likeness (QED) is 0.842. The van der Waals surface area contributed by atoms with Crippen LogP contribution in [0.5, 0.6) is 5.88 Å². The normalized spacial score (nSPS) is 19.0. The first kappa shape index (κ1) is 17.0. The fraction of sp³-hybridized carbons (Fsp3) is 0.526. The fourth-order valence-electron chi connectivity index (χ4n) is 3.88. The van der Waals surface area contributed by atoms with Gasteiger partial charge in [0, 0.05) is 38.3 Å². The SMILES string of the molecule is O=C(c1ccnn1C1CCCC1)N1CCC(Oc2ncccc2F)CC1. The molecule has 26 heavy (non-hydrogen) atoms. The Hall–Kier alpha value is -2.44. The van der Waals surface area contributed by atoms with Crippen LogP contribution in [-0.4, -0.2) is 44.8 Å². The second-order valence-electron chi connectivity index (χ2n) is 7.00. The summed E-state index contributed by atoms with van der Waals surface area (Å²) in [5.74, 6) is -0.389. The third-order valence-electron chi connectivity index (χ3n) is 5.29. The van der Waals surface area contributed by atoms with E-state index in [1.54, 1.807) is 6.20 Å². The van der Waals surface area contributed by atoms with Gasteiger partial charge in [0.25, 0.3) is 11.8 Å². The highest BCUT2D eigenvalue weighted by Gasteiger charge is 2.29. The van der Waals surface area contributed by atoms with Crippen LogP contribution in [0.15, 0.2) is 30.6 Å². The molecule has 0 aromatic carbocycles. The lowest BCUT2D eigenvalue weighted by Crippen LogP contribution is -2.42. The molecule has 0 atom stereocenters. The van der Waals surface area contributed by atoms with E-state index in [2.05, 4.69) is 10.1 Å². The molecule has 4 rings (SSSR count). The van der Waals surface area contributed by atoms with Gasteiger partial charge in [0.2, 0.25) is 0 Å². The molecule has 6 nitrogen and oxygen atoms in total. The zero-order chi connectivity index (χ0) is 17.9. The van der Waals surface area contributed by atoms with Crippen LogP contribution in [-0.2, 0) is 0 Å². The van der Waals surface area contributed by atoms with E-state index in [1.807, 2.05) is 15.6 Å². The molecule has 138 valence electrons. The van der Waals surface area contributed by atoms with Gasteiger partial charge in [0.15, 0.2) is 5.82 Å². The molecule has 3 heterocycles. The highest BCUT2D eigenvalue weighted by atomic mass is 19.1. The molecule has 2 aromatic rings. The summed E-state index contributed by atoms with van der Waals surface area (Å²) in [6.45, 7) is 1.18. The number of nitrogens with zero attached hydrogens (tertiary/aromatic N) is 4. The summed E-state index contributed by atoms with van der Waals surface area (Å²) < 4.78 is 21.2. The minimum absolute atomic E-state index is 0.0249. The third kappa shape index (κ3) is 3.43. The van der Waals surface area contributed by atoms with E-state index >= 15 is 0 Å². The van der Waals surface area contributed by atoms with Crippen LogP contribution >= 0.6 is 0 Å². The second kappa shape index (κ2) is 7.43. The first-order valence-corrected chi connectivity index (χ1v) is 9.32. The van der Waals surface area contributed by atoms with Crippen molar-refractivity contribution in [1.29, 1.82) is 0 Å². The summed E-state index contributed by atoms with van der Waals surface area (Å²) in [4.78, 5) is 18.7. The van der Waals surface area contributed by atoms with Crippen LogP contribution in [0, 0.1) is 5.82 Å². The number of piperidine rings is 1. The molecule has 7 heteroatoms. The number of rotatable bonds is 4. The number of ether oxygens (including phenoxy) is 1. The number of likely N-dealkylation sites (tertiary alicyclic amines) is 1. The van der Waals surface area contributed by atoms with Gasteiger partial charge in [-0.05, 0) is 31.0 Å². The molecule has 1 saturated heterocycles. The minimum Gasteiger partial charge on any atom is -0.472 e. The maximum Gasteiger partial charge on any atom is 0.272 e. The number of hydrogen-bond donors (Lipinski definition) is 0. The van der Waals surface area contributed by atoms with E-state index in [1.165, 1.54) is 31.2 Å². The molecule has 0 radical (unpaired) electrons. The summed E-state index contributed by atoms with van der Waals surface area (Å²) in [6.07, 6.45) is 9.02. The lowest BCUT2D eigenvalue weighted by Gasteiger charge is -2.32. The summed E-state index contributed by atoms with van der Waals surface area (Å²) >= 11 is 0. The predicted octanol–water partition coefficient (Wildman–Crippen LogP) is 3.22. The Balaban J connectivity index is 1.37. The van der Waals surface area contributed by atoms with Crippen LogP contribution in [0.2, 0.25) is 0 Å². The van der Waals surface area contributed by atoms with Crippen molar-refractivity contribution in [3.8, 4) is 5.88 Å². The van der Waals surface area contributed by atoms with Crippen LogP contribution in [0.1, 0.15) is 55.1 Å². The molecule has 0 unspecified atom stereocenters. The summed E-state index contributed by atoms with van der Waals surface area (Å²) in [6, 6.07) is 5.03. The minimum atomic E-state index is -0.452. The lowest BCUT2D eigenvalue weighted by molar-refractivity contribution is 0.0566. The molecule has 0 spiro atoms. The molecule has 2 fully saturated rings. The van der Waals surface area contributed by atoms with Crippen LogP contribution in [0.4, 0.5) is 4.39 Å². The molecule has 1 amide bonds. The first-order chi connectivity index (χ1) is 12.7. The molecule has 2 aliphatic rings.